The van der Waals surface area contributed by atoms with Crippen LogP contribution in [-0.2, 0) is 31.4 Å². The molecule has 0 radical (unpaired) electrons. The lowest BCUT2D eigenvalue weighted by Crippen LogP contribution is -2.47. The maximum absolute atomic E-state index is 13.5. The summed E-state index contributed by atoms with van der Waals surface area (Å²) in [5.41, 5.74) is 4.35. The van der Waals surface area contributed by atoms with E-state index in [9.17, 15) is 14.7 Å². The summed E-state index contributed by atoms with van der Waals surface area (Å²) in [7, 11) is 1.78. The summed E-state index contributed by atoms with van der Waals surface area (Å²) in [5.74, 6) is 0. The smallest absolute Gasteiger partial charge is 0.407 e. The Labute approximate surface area is 258 Å². The molecule has 1 aliphatic heterocycles. The first-order chi connectivity index (χ1) is 21.0. The molecule has 1 amide bonds. The number of aryl methyl sites for hydroxylation is 1. The second-order valence-corrected chi connectivity index (χ2v) is 13.0. The highest BCUT2D eigenvalue weighted by Gasteiger charge is 2.33. The molecule has 2 N–H and O–H groups in total. The van der Waals surface area contributed by atoms with Crippen LogP contribution in [0.1, 0.15) is 44.7 Å². The zero-order valence-electron chi connectivity index (χ0n) is 25.3. The third-order valence-corrected chi connectivity index (χ3v) is 8.41. The number of carbonyl (C=O) groups is 1. The Morgan fingerprint density at radius 1 is 1.05 bits per heavy atom. The third-order valence-electron chi connectivity index (χ3n) is 7.85. The lowest BCUT2D eigenvalue weighted by molar-refractivity contribution is -0.0364. The lowest BCUT2D eigenvalue weighted by Gasteiger charge is -2.38. The number of aromatic nitrogens is 6. The number of nitrogens with one attached hydrogen (secondary N) is 1. The van der Waals surface area contributed by atoms with E-state index in [-0.39, 0.29) is 17.6 Å². The minimum absolute atomic E-state index is 0.157. The van der Waals surface area contributed by atoms with Crippen LogP contribution in [-0.4, -0.2) is 68.5 Å². The van der Waals surface area contributed by atoms with Gasteiger partial charge < -0.3 is 15.2 Å². The molecule has 230 valence electrons. The van der Waals surface area contributed by atoms with Gasteiger partial charge in [-0.05, 0) is 56.9 Å². The van der Waals surface area contributed by atoms with E-state index in [1.807, 2.05) is 51.1 Å². The lowest BCUT2D eigenvalue weighted by atomic mass is 9.91. The van der Waals surface area contributed by atoms with Gasteiger partial charge in [0.15, 0.2) is 5.52 Å². The Hall–Kier alpha value is -4.20. The highest BCUT2D eigenvalue weighted by Crippen LogP contribution is 2.28. The Kier molecular flexibility index (Phi) is 7.95. The van der Waals surface area contributed by atoms with Gasteiger partial charge in [-0.3, -0.25) is 18.9 Å². The molecule has 0 atom stereocenters. The molecule has 1 fully saturated rings. The van der Waals surface area contributed by atoms with Crippen molar-refractivity contribution in [3.8, 4) is 11.3 Å². The van der Waals surface area contributed by atoms with Crippen molar-refractivity contribution in [1.82, 2.24) is 38.3 Å². The van der Waals surface area contributed by atoms with Crippen molar-refractivity contribution >= 4 is 39.9 Å². The molecule has 3 aromatic heterocycles. The first-order valence-electron chi connectivity index (χ1n) is 14.6. The summed E-state index contributed by atoms with van der Waals surface area (Å²) >= 11 is 1.21. The fraction of sp³-hybridized carbons (Fsp3) is 0.419. The predicted molar refractivity (Wildman–Crippen MR) is 168 cm³/mol. The van der Waals surface area contributed by atoms with Crippen LogP contribution in [0.4, 0.5) is 4.79 Å². The second-order valence-electron chi connectivity index (χ2n) is 12.5. The van der Waals surface area contributed by atoms with Gasteiger partial charge in [-0.2, -0.15) is 13.8 Å². The highest BCUT2D eigenvalue weighted by molar-refractivity contribution is 7.00. The molecule has 1 aliphatic rings. The molecular weight excluding hydrogens is 580 g/mol. The fourth-order valence-corrected chi connectivity index (χ4v) is 6.10. The number of hydrogen-bond acceptors (Lipinski definition) is 10. The number of rotatable bonds is 7. The Morgan fingerprint density at radius 2 is 1.75 bits per heavy atom. The normalized spacial score (nSPS) is 15.6. The summed E-state index contributed by atoms with van der Waals surface area (Å²) in [5, 5.41) is 18.7. The average Bonchev–Trinajstić information content (AvgIpc) is 3.58. The number of ether oxygens (including phenoxy) is 1. The molecule has 0 aliphatic carbocycles. The van der Waals surface area contributed by atoms with E-state index in [2.05, 4.69) is 41.2 Å². The van der Waals surface area contributed by atoms with Gasteiger partial charge in [0.05, 0.1) is 35.9 Å². The van der Waals surface area contributed by atoms with E-state index in [1.54, 1.807) is 11.7 Å². The average molecular weight is 617 g/mol. The van der Waals surface area contributed by atoms with Gasteiger partial charge in [0.1, 0.15) is 22.2 Å². The standard InChI is InChI=1S/C31H36N8O4S/c1-30(2,3)43-29(41)32-16-20-5-8-22(9-6-20)27-25-26(34-37(27)4)28(40)39(19-33-25)18-31(42)11-13-38(14-12-31)17-21-7-10-23-24(15-21)36-44-35-23/h5-10,15,19,42H,11-14,16-18H2,1-4H3,(H,32,41). The van der Waals surface area contributed by atoms with Crippen LogP contribution in [0.2, 0.25) is 0 Å². The van der Waals surface area contributed by atoms with Crippen LogP contribution in [0.5, 0.6) is 0 Å². The zero-order valence-corrected chi connectivity index (χ0v) is 26.1. The van der Waals surface area contributed by atoms with Crippen molar-refractivity contribution in [3.05, 3.63) is 70.3 Å². The van der Waals surface area contributed by atoms with E-state index in [4.69, 9.17) is 4.74 Å². The molecule has 0 saturated carbocycles. The molecule has 13 heteroatoms. The molecule has 6 rings (SSSR count). The fourth-order valence-electron chi connectivity index (χ4n) is 5.59. The number of nitrogens with zero attached hydrogens (tertiary/aromatic N) is 7. The molecular formula is C31H36N8O4S. The Bertz CT molecular complexity index is 1860. The number of fused-ring (bicyclic) bond motifs is 2. The number of likely N-dealkylation sites (tertiary alicyclic amines) is 1. The number of aliphatic hydroxyl groups is 1. The quantitative estimate of drug-likeness (QED) is 0.279. The molecule has 1 saturated heterocycles. The molecule has 0 bridgehead atoms. The van der Waals surface area contributed by atoms with Crippen molar-refractivity contribution in [2.75, 3.05) is 13.1 Å². The predicted octanol–water partition coefficient (Wildman–Crippen LogP) is 3.85. The van der Waals surface area contributed by atoms with Crippen LogP contribution in [0, 0.1) is 0 Å². The summed E-state index contributed by atoms with van der Waals surface area (Å²) in [6.07, 6.45) is 2.12. The SMILES string of the molecule is Cn1nc2c(=O)n(CC3(O)CCN(Cc4ccc5nsnc5c4)CC3)cnc2c1-c1ccc(CNC(=O)OC(C)(C)C)cc1. The van der Waals surface area contributed by atoms with Gasteiger partial charge in [-0.25, -0.2) is 9.78 Å². The van der Waals surface area contributed by atoms with E-state index in [0.717, 1.165) is 34.4 Å². The zero-order chi connectivity index (χ0) is 31.1. The monoisotopic (exact) mass is 616 g/mol. The number of alkyl carbamates (subject to hydrolysis) is 1. The highest BCUT2D eigenvalue weighted by atomic mass is 32.1. The van der Waals surface area contributed by atoms with E-state index in [0.29, 0.717) is 38.0 Å². The number of hydrogen-bond donors (Lipinski definition) is 2. The van der Waals surface area contributed by atoms with Gasteiger partial charge in [0, 0.05) is 38.8 Å². The van der Waals surface area contributed by atoms with Crippen LogP contribution in [0.25, 0.3) is 33.3 Å². The minimum Gasteiger partial charge on any atom is -0.444 e. The summed E-state index contributed by atoms with van der Waals surface area (Å²) in [6, 6.07) is 13.8. The van der Waals surface area contributed by atoms with Crippen LogP contribution in [0.15, 0.2) is 53.6 Å². The first kappa shape index (κ1) is 29.9. The molecule has 0 spiro atoms. The molecule has 2 aromatic carbocycles. The van der Waals surface area contributed by atoms with E-state index < -0.39 is 17.3 Å². The van der Waals surface area contributed by atoms with Gasteiger partial charge in [-0.15, -0.1) is 0 Å². The third kappa shape index (κ3) is 6.49. The van der Waals surface area contributed by atoms with Crippen molar-refractivity contribution in [2.24, 2.45) is 7.05 Å². The van der Waals surface area contributed by atoms with Gasteiger partial charge in [0.25, 0.3) is 5.56 Å². The summed E-state index contributed by atoms with van der Waals surface area (Å²) < 4.78 is 17.0. The maximum atomic E-state index is 13.5. The molecule has 0 unspecified atom stereocenters. The van der Waals surface area contributed by atoms with Gasteiger partial charge >= 0.3 is 6.09 Å². The van der Waals surface area contributed by atoms with Crippen LogP contribution in [0.3, 0.4) is 0 Å². The number of carbonyl (C=O) groups excluding carboxylic acids is 1. The van der Waals surface area contributed by atoms with Crippen molar-refractivity contribution in [1.29, 1.82) is 0 Å². The maximum Gasteiger partial charge on any atom is 0.407 e. The van der Waals surface area contributed by atoms with Crippen LogP contribution >= 0.6 is 11.7 Å². The van der Waals surface area contributed by atoms with E-state index >= 15 is 0 Å². The van der Waals surface area contributed by atoms with Crippen molar-refractivity contribution < 1.29 is 14.6 Å². The van der Waals surface area contributed by atoms with Crippen LogP contribution < -0.4 is 10.9 Å². The van der Waals surface area contributed by atoms with Crippen molar-refractivity contribution in [3.63, 3.8) is 0 Å². The molecule has 5 aromatic rings. The first-order valence-corrected chi connectivity index (χ1v) is 15.3. The van der Waals surface area contributed by atoms with E-state index in [1.165, 1.54) is 28.2 Å². The second kappa shape index (κ2) is 11.7. The topological polar surface area (TPSA) is 140 Å². The molecule has 44 heavy (non-hydrogen) atoms. The summed E-state index contributed by atoms with van der Waals surface area (Å²) in [4.78, 5) is 32.4. The minimum atomic E-state index is -1.01. The number of benzene rings is 2. The number of amides is 1. The Morgan fingerprint density at radius 3 is 2.48 bits per heavy atom. The molecule has 12 nitrogen and oxygen atoms in total. The van der Waals surface area contributed by atoms with Gasteiger partial charge in [0.2, 0.25) is 0 Å². The largest absolute Gasteiger partial charge is 0.444 e. The van der Waals surface area contributed by atoms with Gasteiger partial charge in [-0.1, -0.05) is 30.3 Å². The Balaban J connectivity index is 1.11. The summed E-state index contributed by atoms with van der Waals surface area (Å²) in [6.45, 7) is 8.14. The van der Waals surface area contributed by atoms with Crippen molar-refractivity contribution in [2.45, 2.75) is 64.4 Å². The molecule has 4 heterocycles. The number of piperidine rings is 1.